The van der Waals surface area contributed by atoms with Crippen molar-refractivity contribution >= 4 is 34.0 Å². The van der Waals surface area contributed by atoms with Gasteiger partial charge in [0, 0.05) is 22.5 Å². The van der Waals surface area contributed by atoms with Crippen molar-refractivity contribution in [2.75, 3.05) is 10.6 Å². The SMILES string of the molecule is CC(=O)c1ccc(NC(=O)Nc2nc(C3CC3)cs2)cc1. The number of carbonyl (C=O) groups is 2. The van der Waals surface area contributed by atoms with Gasteiger partial charge in [-0.3, -0.25) is 10.1 Å². The number of aromatic nitrogens is 1. The molecule has 0 spiro atoms. The van der Waals surface area contributed by atoms with Crippen LogP contribution in [0.4, 0.5) is 15.6 Å². The van der Waals surface area contributed by atoms with Crippen LogP contribution < -0.4 is 10.6 Å². The Morgan fingerprint density at radius 3 is 2.52 bits per heavy atom. The van der Waals surface area contributed by atoms with E-state index < -0.39 is 0 Å². The van der Waals surface area contributed by atoms with Crippen molar-refractivity contribution in [3.8, 4) is 0 Å². The molecule has 0 atom stereocenters. The summed E-state index contributed by atoms with van der Waals surface area (Å²) in [7, 11) is 0. The van der Waals surface area contributed by atoms with Crippen LogP contribution in [0.5, 0.6) is 0 Å². The zero-order valence-corrected chi connectivity index (χ0v) is 12.4. The monoisotopic (exact) mass is 301 g/mol. The lowest BCUT2D eigenvalue weighted by atomic mass is 10.1. The van der Waals surface area contributed by atoms with Crippen LogP contribution in [-0.2, 0) is 0 Å². The van der Waals surface area contributed by atoms with Crippen molar-refractivity contribution in [2.24, 2.45) is 0 Å². The fourth-order valence-electron chi connectivity index (χ4n) is 1.96. The number of rotatable bonds is 4. The van der Waals surface area contributed by atoms with Crippen LogP contribution in [0.2, 0.25) is 0 Å². The minimum Gasteiger partial charge on any atom is -0.308 e. The summed E-state index contributed by atoms with van der Waals surface area (Å²) in [6.07, 6.45) is 2.38. The zero-order chi connectivity index (χ0) is 14.8. The normalized spacial score (nSPS) is 13.8. The molecule has 0 unspecified atom stereocenters. The van der Waals surface area contributed by atoms with Crippen LogP contribution in [0, 0.1) is 0 Å². The number of urea groups is 1. The third-order valence-electron chi connectivity index (χ3n) is 3.29. The predicted molar refractivity (Wildman–Crippen MR) is 83.2 cm³/mol. The fourth-order valence-corrected chi connectivity index (χ4v) is 2.75. The number of thiazole rings is 1. The summed E-state index contributed by atoms with van der Waals surface area (Å²) in [6.45, 7) is 1.51. The maximum atomic E-state index is 11.9. The summed E-state index contributed by atoms with van der Waals surface area (Å²) in [6, 6.07) is 6.45. The van der Waals surface area contributed by atoms with Crippen molar-refractivity contribution in [3.05, 3.63) is 40.9 Å². The molecule has 5 nitrogen and oxygen atoms in total. The van der Waals surface area contributed by atoms with Crippen LogP contribution in [0.25, 0.3) is 0 Å². The van der Waals surface area contributed by atoms with Crippen LogP contribution in [0.15, 0.2) is 29.6 Å². The molecule has 3 rings (SSSR count). The lowest BCUT2D eigenvalue weighted by Gasteiger charge is -2.05. The Morgan fingerprint density at radius 2 is 1.90 bits per heavy atom. The molecule has 21 heavy (non-hydrogen) atoms. The molecule has 0 saturated heterocycles. The van der Waals surface area contributed by atoms with Gasteiger partial charge >= 0.3 is 6.03 Å². The largest absolute Gasteiger partial charge is 0.325 e. The molecule has 2 aromatic rings. The van der Waals surface area contributed by atoms with E-state index >= 15 is 0 Å². The van der Waals surface area contributed by atoms with Gasteiger partial charge in [-0.05, 0) is 44.0 Å². The molecule has 1 aromatic carbocycles. The Hall–Kier alpha value is -2.21. The minimum absolute atomic E-state index is 0.00129. The molecule has 1 fully saturated rings. The molecule has 1 aromatic heterocycles. The minimum atomic E-state index is -0.331. The first-order valence-corrected chi connectivity index (χ1v) is 7.64. The summed E-state index contributed by atoms with van der Waals surface area (Å²) < 4.78 is 0. The smallest absolute Gasteiger partial charge is 0.308 e. The standard InChI is InChI=1S/C15H15N3O2S/c1-9(19)10-4-6-12(7-5-10)16-14(20)18-15-17-13(8-21-15)11-2-3-11/h4-8,11H,2-3H2,1H3,(H2,16,17,18,20). The highest BCUT2D eigenvalue weighted by molar-refractivity contribution is 7.14. The van der Waals surface area contributed by atoms with E-state index in [9.17, 15) is 9.59 Å². The molecule has 2 N–H and O–H groups in total. The molecule has 1 aliphatic rings. The number of carbonyl (C=O) groups excluding carboxylic acids is 2. The maximum Gasteiger partial charge on any atom is 0.325 e. The number of nitrogens with one attached hydrogen (secondary N) is 2. The number of benzene rings is 1. The first-order valence-electron chi connectivity index (χ1n) is 6.76. The van der Waals surface area contributed by atoms with Gasteiger partial charge in [-0.25, -0.2) is 9.78 Å². The number of Topliss-reactive ketones (excluding diaryl/α,β-unsaturated/α-hetero) is 1. The lowest BCUT2D eigenvalue weighted by molar-refractivity contribution is 0.101. The van der Waals surface area contributed by atoms with E-state index in [0.29, 0.717) is 22.3 Å². The molecule has 0 aliphatic heterocycles. The Kier molecular flexibility index (Phi) is 3.70. The Balaban J connectivity index is 1.58. The van der Waals surface area contributed by atoms with Gasteiger partial charge in [-0.15, -0.1) is 11.3 Å². The van der Waals surface area contributed by atoms with Crippen molar-refractivity contribution in [1.29, 1.82) is 0 Å². The maximum absolute atomic E-state index is 11.9. The number of amides is 2. The van der Waals surface area contributed by atoms with E-state index in [1.807, 2.05) is 5.38 Å². The van der Waals surface area contributed by atoms with Crippen LogP contribution in [0.1, 0.15) is 41.7 Å². The molecular weight excluding hydrogens is 286 g/mol. The number of hydrogen-bond acceptors (Lipinski definition) is 4. The number of nitrogens with zero attached hydrogens (tertiary/aromatic N) is 1. The van der Waals surface area contributed by atoms with Crippen LogP contribution in [0.3, 0.4) is 0 Å². The van der Waals surface area contributed by atoms with Gasteiger partial charge in [0.2, 0.25) is 0 Å². The van der Waals surface area contributed by atoms with E-state index in [1.165, 1.54) is 31.1 Å². The molecule has 6 heteroatoms. The second-order valence-electron chi connectivity index (χ2n) is 5.06. The van der Waals surface area contributed by atoms with Crippen molar-refractivity contribution in [2.45, 2.75) is 25.7 Å². The van der Waals surface area contributed by atoms with E-state index in [4.69, 9.17) is 0 Å². The summed E-state index contributed by atoms with van der Waals surface area (Å²) in [5, 5.41) is 8.04. The molecule has 0 radical (unpaired) electrons. The Bertz CT molecular complexity index is 674. The second kappa shape index (κ2) is 5.65. The zero-order valence-electron chi connectivity index (χ0n) is 11.6. The average Bonchev–Trinajstić information content (AvgIpc) is 3.20. The van der Waals surface area contributed by atoms with Gasteiger partial charge in [-0.1, -0.05) is 0 Å². The molecule has 108 valence electrons. The molecule has 0 bridgehead atoms. The van der Waals surface area contributed by atoms with Crippen molar-refractivity contribution < 1.29 is 9.59 Å². The van der Waals surface area contributed by atoms with E-state index in [-0.39, 0.29) is 11.8 Å². The first-order chi connectivity index (χ1) is 10.1. The third-order valence-corrected chi connectivity index (χ3v) is 4.06. The highest BCUT2D eigenvalue weighted by atomic mass is 32.1. The van der Waals surface area contributed by atoms with Crippen LogP contribution in [-0.4, -0.2) is 16.8 Å². The quantitative estimate of drug-likeness (QED) is 0.842. The molecular formula is C15H15N3O2S. The van der Waals surface area contributed by atoms with Gasteiger partial charge in [0.1, 0.15) is 0 Å². The lowest BCUT2D eigenvalue weighted by Crippen LogP contribution is -2.19. The highest BCUT2D eigenvalue weighted by Crippen LogP contribution is 2.40. The first kappa shape index (κ1) is 13.8. The van der Waals surface area contributed by atoms with E-state index in [2.05, 4.69) is 15.6 Å². The van der Waals surface area contributed by atoms with Crippen molar-refractivity contribution in [1.82, 2.24) is 4.98 Å². The average molecular weight is 301 g/mol. The molecule has 1 aliphatic carbocycles. The van der Waals surface area contributed by atoms with E-state index in [0.717, 1.165) is 5.69 Å². The Labute approximate surface area is 126 Å². The summed E-state index contributed by atoms with van der Waals surface area (Å²) in [5.74, 6) is 0.584. The van der Waals surface area contributed by atoms with Crippen LogP contribution >= 0.6 is 11.3 Å². The van der Waals surface area contributed by atoms with Gasteiger partial charge < -0.3 is 5.32 Å². The van der Waals surface area contributed by atoms with Gasteiger partial charge in [0.05, 0.1) is 5.69 Å². The molecule has 2 amide bonds. The molecule has 1 heterocycles. The Morgan fingerprint density at radius 1 is 1.19 bits per heavy atom. The second-order valence-corrected chi connectivity index (χ2v) is 5.92. The van der Waals surface area contributed by atoms with Gasteiger partial charge in [0.25, 0.3) is 0 Å². The fraction of sp³-hybridized carbons (Fsp3) is 0.267. The number of ketones is 1. The summed E-state index contributed by atoms with van der Waals surface area (Å²) >= 11 is 1.44. The van der Waals surface area contributed by atoms with Gasteiger partial charge in [-0.2, -0.15) is 0 Å². The summed E-state index contributed by atoms with van der Waals surface area (Å²) in [4.78, 5) is 27.4. The number of hydrogen-bond donors (Lipinski definition) is 2. The molecule has 1 saturated carbocycles. The van der Waals surface area contributed by atoms with Gasteiger partial charge in [0.15, 0.2) is 10.9 Å². The summed E-state index contributed by atoms with van der Waals surface area (Å²) in [5.41, 5.74) is 2.33. The number of anilines is 2. The third kappa shape index (κ3) is 3.46. The topological polar surface area (TPSA) is 71.1 Å². The predicted octanol–water partition coefficient (Wildman–Crippen LogP) is 3.87. The van der Waals surface area contributed by atoms with Crippen molar-refractivity contribution in [3.63, 3.8) is 0 Å². The highest BCUT2D eigenvalue weighted by Gasteiger charge is 2.26. The van der Waals surface area contributed by atoms with E-state index in [1.54, 1.807) is 24.3 Å².